The number of tetrazole rings is 1. The Morgan fingerprint density at radius 3 is 2.70 bits per heavy atom. The fourth-order valence-corrected chi connectivity index (χ4v) is 3.93. The Labute approximate surface area is 139 Å². The molecule has 1 aliphatic heterocycles. The molecule has 2 aliphatic rings. The van der Waals surface area contributed by atoms with Gasteiger partial charge in [-0.1, -0.05) is 24.6 Å². The summed E-state index contributed by atoms with van der Waals surface area (Å²) in [5.74, 6) is 0.605. The van der Waals surface area contributed by atoms with Crippen LogP contribution in [-0.4, -0.2) is 54.9 Å². The number of nitrogens with zero attached hydrogens (tertiary/aromatic N) is 5. The van der Waals surface area contributed by atoms with E-state index in [2.05, 4.69) is 20.8 Å². The summed E-state index contributed by atoms with van der Waals surface area (Å²) in [6.45, 7) is 3.86. The number of thioether (sulfide) groups is 1. The Hall–Kier alpha value is -1.64. The van der Waals surface area contributed by atoms with E-state index in [-0.39, 0.29) is 11.9 Å². The van der Waals surface area contributed by atoms with E-state index in [0.29, 0.717) is 12.6 Å². The molecule has 1 aliphatic carbocycles. The first-order valence-corrected chi connectivity index (χ1v) is 9.02. The van der Waals surface area contributed by atoms with Gasteiger partial charge in [-0.25, -0.2) is 9.48 Å². The lowest BCUT2D eigenvalue weighted by atomic mass is 10.1. The summed E-state index contributed by atoms with van der Waals surface area (Å²) in [5.41, 5.74) is -0.795. The second-order valence-electron chi connectivity index (χ2n) is 6.56. The molecule has 8 nitrogen and oxygen atoms in total. The number of rotatable bonds is 6. The quantitative estimate of drug-likeness (QED) is 0.481. The van der Waals surface area contributed by atoms with Crippen molar-refractivity contribution in [1.29, 1.82) is 0 Å². The van der Waals surface area contributed by atoms with Gasteiger partial charge in [-0.05, 0) is 43.5 Å². The summed E-state index contributed by atoms with van der Waals surface area (Å²) in [6.07, 6.45) is 5.46. The summed E-state index contributed by atoms with van der Waals surface area (Å²) in [5, 5.41) is 15.5. The number of carbonyl (C=O) groups excluding carboxylic acids is 2. The first-order chi connectivity index (χ1) is 11.0. The molecule has 3 rings (SSSR count). The first kappa shape index (κ1) is 16.2. The third-order valence-corrected chi connectivity index (χ3v) is 5.35. The van der Waals surface area contributed by atoms with Gasteiger partial charge in [0.1, 0.15) is 5.54 Å². The van der Waals surface area contributed by atoms with Crippen LogP contribution in [0.2, 0.25) is 0 Å². The first-order valence-electron chi connectivity index (χ1n) is 8.04. The number of imide groups is 1. The topological polar surface area (TPSA) is 93.0 Å². The highest BCUT2D eigenvalue weighted by Crippen LogP contribution is 2.31. The third kappa shape index (κ3) is 3.34. The molecule has 3 amide bonds. The summed E-state index contributed by atoms with van der Waals surface area (Å²) in [6, 6.07) is 0.111. The largest absolute Gasteiger partial charge is 0.325 e. The Kier molecular flexibility index (Phi) is 4.56. The van der Waals surface area contributed by atoms with E-state index < -0.39 is 5.54 Å². The van der Waals surface area contributed by atoms with Gasteiger partial charge in [-0.2, -0.15) is 0 Å². The van der Waals surface area contributed by atoms with Crippen LogP contribution >= 0.6 is 11.8 Å². The lowest BCUT2D eigenvalue weighted by Gasteiger charge is -2.15. The molecule has 126 valence electrons. The fraction of sp³-hybridized carbons (Fsp3) is 0.786. The van der Waals surface area contributed by atoms with Crippen molar-refractivity contribution >= 4 is 23.7 Å². The highest BCUT2D eigenvalue weighted by molar-refractivity contribution is 7.99. The van der Waals surface area contributed by atoms with Gasteiger partial charge in [-0.15, -0.1) is 5.10 Å². The van der Waals surface area contributed by atoms with E-state index in [0.717, 1.165) is 30.2 Å². The van der Waals surface area contributed by atoms with Gasteiger partial charge in [0.2, 0.25) is 5.16 Å². The zero-order valence-corrected chi connectivity index (χ0v) is 14.3. The van der Waals surface area contributed by atoms with Crippen molar-refractivity contribution in [2.45, 2.75) is 62.7 Å². The van der Waals surface area contributed by atoms with Gasteiger partial charge < -0.3 is 5.32 Å². The van der Waals surface area contributed by atoms with Crippen LogP contribution in [0.5, 0.6) is 0 Å². The van der Waals surface area contributed by atoms with Crippen molar-refractivity contribution in [2.24, 2.45) is 0 Å². The summed E-state index contributed by atoms with van der Waals surface area (Å²) < 4.78 is 1.93. The van der Waals surface area contributed by atoms with E-state index in [1.807, 2.05) is 4.68 Å². The van der Waals surface area contributed by atoms with Crippen molar-refractivity contribution in [3.8, 4) is 0 Å². The van der Waals surface area contributed by atoms with E-state index in [4.69, 9.17) is 0 Å². The minimum Gasteiger partial charge on any atom is -0.324 e. The van der Waals surface area contributed by atoms with Gasteiger partial charge in [0, 0.05) is 12.3 Å². The average molecular weight is 338 g/mol. The number of amides is 3. The fourth-order valence-electron chi connectivity index (χ4n) is 3.07. The van der Waals surface area contributed by atoms with Crippen LogP contribution in [0.3, 0.4) is 0 Å². The monoisotopic (exact) mass is 338 g/mol. The average Bonchev–Trinajstić information content (AvgIpc) is 3.19. The second-order valence-corrected chi connectivity index (χ2v) is 7.62. The molecular weight excluding hydrogens is 316 g/mol. The number of nitrogens with one attached hydrogen (secondary N) is 1. The molecule has 2 fully saturated rings. The number of carbonyl (C=O) groups is 2. The van der Waals surface area contributed by atoms with Crippen LogP contribution < -0.4 is 5.32 Å². The maximum absolute atomic E-state index is 12.1. The molecule has 0 atom stereocenters. The highest BCUT2D eigenvalue weighted by atomic mass is 32.2. The van der Waals surface area contributed by atoms with Crippen LogP contribution in [-0.2, 0) is 4.79 Å². The molecule has 1 aromatic rings. The van der Waals surface area contributed by atoms with Crippen molar-refractivity contribution in [2.75, 3.05) is 12.3 Å². The molecule has 0 aromatic carbocycles. The van der Waals surface area contributed by atoms with E-state index in [1.165, 1.54) is 17.7 Å². The maximum atomic E-state index is 12.1. The van der Waals surface area contributed by atoms with Crippen LogP contribution in [0.1, 0.15) is 52.0 Å². The van der Waals surface area contributed by atoms with Gasteiger partial charge in [0.15, 0.2) is 0 Å². The molecular formula is C14H22N6O2S. The molecule has 0 radical (unpaired) electrons. The summed E-state index contributed by atoms with van der Waals surface area (Å²) in [7, 11) is 0. The lowest BCUT2D eigenvalue weighted by molar-refractivity contribution is -0.130. The molecule has 1 aromatic heterocycles. The molecule has 9 heteroatoms. The Bertz CT molecular complexity index is 596. The van der Waals surface area contributed by atoms with Gasteiger partial charge >= 0.3 is 6.03 Å². The number of aromatic nitrogens is 4. The Morgan fingerprint density at radius 2 is 2.04 bits per heavy atom. The number of hydrogen-bond acceptors (Lipinski definition) is 6. The van der Waals surface area contributed by atoms with E-state index in [9.17, 15) is 9.59 Å². The van der Waals surface area contributed by atoms with Crippen molar-refractivity contribution in [3.63, 3.8) is 0 Å². The Morgan fingerprint density at radius 1 is 1.30 bits per heavy atom. The minimum atomic E-state index is -0.795. The van der Waals surface area contributed by atoms with Crippen LogP contribution in [0, 0.1) is 0 Å². The van der Waals surface area contributed by atoms with Crippen molar-refractivity contribution in [3.05, 3.63) is 0 Å². The molecule has 1 saturated heterocycles. The van der Waals surface area contributed by atoms with Crippen molar-refractivity contribution < 1.29 is 9.59 Å². The van der Waals surface area contributed by atoms with Crippen LogP contribution in [0.15, 0.2) is 5.16 Å². The molecule has 0 bridgehead atoms. The van der Waals surface area contributed by atoms with Crippen LogP contribution in [0.25, 0.3) is 0 Å². The summed E-state index contributed by atoms with van der Waals surface area (Å²) in [4.78, 5) is 25.2. The SMILES string of the molecule is CC1(C)NC(=O)N(CCCSc2nnnn2C2CCCC2)C1=O. The van der Waals surface area contributed by atoms with Crippen LogP contribution in [0.4, 0.5) is 4.79 Å². The number of urea groups is 1. The minimum absolute atomic E-state index is 0.164. The van der Waals surface area contributed by atoms with Gasteiger partial charge in [0.05, 0.1) is 6.04 Å². The zero-order chi connectivity index (χ0) is 16.4. The smallest absolute Gasteiger partial charge is 0.324 e. The maximum Gasteiger partial charge on any atom is 0.325 e. The zero-order valence-electron chi connectivity index (χ0n) is 13.5. The predicted octanol–water partition coefficient (Wildman–Crippen LogP) is 1.60. The van der Waals surface area contributed by atoms with E-state index in [1.54, 1.807) is 25.6 Å². The normalized spacial score (nSPS) is 21.2. The molecule has 2 heterocycles. The second kappa shape index (κ2) is 6.46. The molecule has 1 saturated carbocycles. The third-order valence-electron chi connectivity index (χ3n) is 4.33. The lowest BCUT2D eigenvalue weighted by Crippen LogP contribution is -2.40. The highest BCUT2D eigenvalue weighted by Gasteiger charge is 2.43. The summed E-state index contributed by atoms with van der Waals surface area (Å²) >= 11 is 1.58. The molecule has 1 N–H and O–H groups in total. The van der Waals surface area contributed by atoms with E-state index >= 15 is 0 Å². The molecule has 0 spiro atoms. The number of hydrogen-bond donors (Lipinski definition) is 1. The van der Waals surface area contributed by atoms with Gasteiger partial charge in [-0.3, -0.25) is 9.69 Å². The predicted molar refractivity (Wildman–Crippen MR) is 85.0 cm³/mol. The molecule has 23 heavy (non-hydrogen) atoms. The molecule has 0 unspecified atom stereocenters. The standard InChI is InChI=1S/C14H22N6O2S/c1-14(2)11(21)19(12(22)15-14)8-5-9-23-13-16-17-18-20(13)10-6-3-4-7-10/h10H,3-9H2,1-2H3,(H,15,22). The Balaban J connectivity index is 1.48. The van der Waals surface area contributed by atoms with Gasteiger partial charge in [0.25, 0.3) is 5.91 Å². The van der Waals surface area contributed by atoms with Crippen molar-refractivity contribution in [1.82, 2.24) is 30.4 Å².